The van der Waals surface area contributed by atoms with E-state index in [-0.39, 0.29) is 17.6 Å². The molecule has 3 heterocycles. The Morgan fingerprint density at radius 3 is 2.76 bits per heavy atom. The van der Waals surface area contributed by atoms with Gasteiger partial charge in [-0.3, -0.25) is 4.99 Å². The van der Waals surface area contributed by atoms with Gasteiger partial charge >= 0.3 is 0 Å². The van der Waals surface area contributed by atoms with Crippen molar-refractivity contribution in [2.75, 3.05) is 13.2 Å². The molecule has 2 N–H and O–H groups in total. The lowest BCUT2D eigenvalue weighted by Crippen LogP contribution is -2.41. The van der Waals surface area contributed by atoms with Gasteiger partial charge in [-0.05, 0) is 13.0 Å². The van der Waals surface area contributed by atoms with E-state index >= 15 is 0 Å². The first-order valence-corrected chi connectivity index (χ1v) is 8.68. The molecule has 0 saturated carbocycles. The van der Waals surface area contributed by atoms with Gasteiger partial charge in [0.2, 0.25) is 0 Å². The monoisotopic (exact) mass is 362 g/mol. The van der Waals surface area contributed by atoms with Crippen molar-refractivity contribution < 1.29 is 13.5 Å². The molecule has 4 rings (SSSR count). The smallest absolute Gasteiger partial charge is 0.154 e. The summed E-state index contributed by atoms with van der Waals surface area (Å²) in [5.41, 5.74) is 7.05. The van der Waals surface area contributed by atoms with Crippen molar-refractivity contribution in [1.29, 1.82) is 0 Å². The van der Waals surface area contributed by atoms with Crippen LogP contribution < -0.4 is 5.73 Å². The van der Waals surface area contributed by atoms with Gasteiger partial charge in [0.15, 0.2) is 5.17 Å². The highest BCUT2D eigenvalue weighted by Gasteiger charge is 2.53. The van der Waals surface area contributed by atoms with Gasteiger partial charge < -0.3 is 10.5 Å². The first-order chi connectivity index (χ1) is 12.0. The number of nitrogens with two attached hydrogens (primary N) is 1. The predicted molar refractivity (Wildman–Crippen MR) is 92.0 cm³/mol. The molecule has 0 spiro atoms. The summed E-state index contributed by atoms with van der Waals surface area (Å²) in [5.74, 6) is -1.30. The van der Waals surface area contributed by atoms with E-state index < -0.39 is 16.4 Å². The normalized spacial score (nSPS) is 28.5. The Hall–Kier alpha value is -2.06. The Balaban J connectivity index is 1.89. The highest BCUT2D eigenvalue weighted by Crippen LogP contribution is 2.53. The molecule has 1 aromatic heterocycles. The lowest BCUT2D eigenvalue weighted by molar-refractivity contribution is 0.107. The van der Waals surface area contributed by atoms with Gasteiger partial charge in [-0.1, -0.05) is 11.8 Å². The summed E-state index contributed by atoms with van der Waals surface area (Å²) in [6.07, 6.45) is 4.28. The molecule has 0 radical (unpaired) electrons. The molecule has 1 fully saturated rings. The molecule has 1 saturated heterocycles. The van der Waals surface area contributed by atoms with Crippen LogP contribution >= 0.6 is 11.8 Å². The molecule has 130 valence electrons. The minimum Gasteiger partial charge on any atom is -0.379 e. The van der Waals surface area contributed by atoms with E-state index in [2.05, 4.69) is 15.0 Å². The third-order valence-corrected chi connectivity index (χ3v) is 6.18. The molecular weight excluding hydrogens is 346 g/mol. The number of nitrogens with zero attached hydrogens (tertiary/aromatic N) is 3. The number of hydrogen-bond acceptors (Lipinski definition) is 6. The number of amidine groups is 1. The third kappa shape index (κ3) is 2.60. The fourth-order valence-corrected chi connectivity index (χ4v) is 4.85. The van der Waals surface area contributed by atoms with Crippen molar-refractivity contribution in [3.05, 3.63) is 48.1 Å². The van der Waals surface area contributed by atoms with Crippen molar-refractivity contribution >= 4 is 16.9 Å². The fourth-order valence-electron chi connectivity index (χ4n) is 3.53. The van der Waals surface area contributed by atoms with Crippen LogP contribution in [0.5, 0.6) is 0 Å². The Kier molecular flexibility index (Phi) is 3.96. The largest absolute Gasteiger partial charge is 0.379 e. The van der Waals surface area contributed by atoms with Crippen LogP contribution in [-0.2, 0) is 9.48 Å². The quantitative estimate of drug-likeness (QED) is 0.889. The van der Waals surface area contributed by atoms with Gasteiger partial charge in [-0.15, -0.1) is 0 Å². The molecule has 0 aliphatic carbocycles. The number of halogens is 2. The van der Waals surface area contributed by atoms with Crippen LogP contribution in [0.25, 0.3) is 11.1 Å². The summed E-state index contributed by atoms with van der Waals surface area (Å²) in [6, 6.07) is 2.44. The average molecular weight is 362 g/mol. The Morgan fingerprint density at radius 1 is 1.24 bits per heavy atom. The second kappa shape index (κ2) is 6.03. The number of hydrogen-bond donors (Lipinski definition) is 1. The molecule has 2 aliphatic heterocycles. The zero-order valence-electron chi connectivity index (χ0n) is 13.4. The maximum Gasteiger partial charge on any atom is 0.154 e. The molecule has 8 heteroatoms. The maximum absolute atomic E-state index is 14.8. The molecule has 0 unspecified atom stereocenters. The van der Waals surface area contributed by atoms with Gasteiger partial charge in [-0.25, -0.2) is 18.7 Å². The van der Waals surface area contributed by atoms with Crippen molar-refractivity contribution in [3.63, 3.8) is 0 Å². The molecule has 25 heavy (non-hydrogen) atoms. The van der Waals surface area contributed by atoms with Gasteiger partial charge in [0.25, 0.3) is 0 Å². The summed E-state index contributed by atoms with van der Waals surface area (Å²) in [7, 11) is 0. The van der Waals surface area contributed by atoms with Crippen molar-refractivity contribution in [2.24, 2.45) is 16.6 Å². The molecule has 1 aromatic carbocycles. The summed E-state index contributed by atoms with van der Waals surface area (Å²) in [4.78, 5) is 12.1. The summed E-state index contributed by atoms with van der Waals surface area (Å²) < 4.78 is 34.3. The van der Waals surface area contributed by atoms with Crippen molar-refractivity contribution in [1.82, 2.24) is 9.97 Å². The number of rotatable bonds is 2. The highest BCUT2D eigenvalue weighted by molar-refractivity contribution is 8.14. The average Bonchev–Trinajstić information content (AvgIpc) is 2.92. The molecule has 2 aromatic rings. The summed E-state index contributed by atoms with van der Waals surface area (Å²) in [5, 5.41) is 0.391. The third-order valence-electron chi connectivity index (χ3n) is 4.84. The minimum atomic E-state index is -0.715. The lowest BCUT2D eigenvalue weighted by atomic mass is 9.83. The molecule has 5 nitrogen and oxygen atoms in total. The van der Waals surface area contributed by atoms with Gasteiger partial charge in [0.1, 0.15) is 18.0 Å². The summed E-state index contributed by atoms with van der Waals surface area (Å²) in [6.45, 7) is 2.70. The van der Waals surface area contributed by atoms with Crippen LogP contribution in [-0.4, -0.2) is 34.4 Å². The van der Waals surface area contributed by atoms with Gasteiger partial charge in [0, 0.05) is 47.6 Å². The number of benzene rings is 1. The van der Waals surface area contributed by atoms with Gasteiger partial charge in [-0.2, -0.15) is 0 Å². The zero-order valence-corrected chi connectivity index (χ0v) is 14.3. The van der Waals surface area contributed by atoms with Crippen molar-refractivity contribution in [3.8, 4) is 11.1 Å². The van der Waals surface area contributed by atoms with Crippen LogP contribution in [0.3, 0.4) is 0 Å². The van der Waals surface area contributed by atoms with Crippen LogP contribution in [0.4, 0.5) is 8.78 Å². The van der Waals surface area contributed by atoms with Crippen LogP contribution in [0.1, 0.15) is 12.5 Å². The van der Waals surface area contributed by atoms with Crippen molar-refractivity contribution in [2.45, 2.75) is 17.8 Å². The molecule has 2 aliphatic rings. The Morgan fingerprint density at radius 2 is 2.00 bits per heavy atom. The van der Waals surface area contributed by atoms with Crippen LogP contribution in [0.15, 0.2) is 35.8 Å². The summed E-state index contributed by atoms with van der Waals surface area (Å²) >= 11 is 1.29. The minimum absolute atomic E-state index is 0.0374. The van der Waals surface area contributed by atoms with E-state index in [9.17, 15) is 8.78 Å². The maximum atomic E-state index is 14.8. The van der Waals surface area contributed by atoms with Crippen LogP contribution in [0.2, 0.25) is 0 Å². The molecular formula is C17H16F2N4OS. The number of aromatic nitrogens is 2. The zero-order chi connectivity index (χ0) is 17.6. The van der Waals surface area contributed by atoms with Gasteiger partial charge in [0.05, 0.1) is 17.5 Å². The first kappa shape index (κ1) is 16.4. The molecule has 0 bridgehead atoms. The highest BCUT2D eigenvalue weighted by atomic mass is 32.2. The lowest BCUT2D eigenvalue weighted by Gasteiger charge is -2.37. The van der Waals surface area contributed by atoms with E-state index in [1.54, 1.807) is 0 Å². The van der Waals surface area contributed by atoms with E-state index in [0.29, 0.717) is 29.4 Å². The van der Waals surface area contributed by atoms with E-state index in [1.807, 2.05) is 6.92 Å². The van der Waals surface area contributed by atoms with Crippen LogP contribution in [0, 0.1) is 17.6 Å². The van der Waals surface area contributed by atoms with E-state index in [4.69, 9.17) is 10.5 Å². The molecule has 3 atom stereocenters. The predicted octanol–water partition coefficient (Wildman–Crippen LogP) is 2.71. The fraction of sp³-hybridized carbons (Fsp3) is 0.353. The second-order valence-corrected chi connectivity index (χ2v) is 7.58. The SMILES string of the molecule is C[C@H]1OC[C@]2(c3cc(-c4cncnc4)c(F)cc3F)SC(N)=NC[C@@H]12. The van der Waals surface area contributed by atoms with E-state index in [1.165, 1.54) is 36.5 Å². The molecule has 0 amide bonds. The standard InChI is InChI=1S/C17H16F2N4OS/c1-9-13-6-23-16(20)25-17(13,7-24-9)12-2-11(14(18)3-15(12)19)10-4-21-8-22-5-10/h2-5,8-9,13H,6-7H2,1H3,(H2,20,23)/t9-,13+,17-/m1/s1. The van der Waals surface area contributed by atoms with E-state index in [0.717, 1.165) is 6.07 Å². The second-order valence-electron chi connectivity index (χ2n) is 6.23. The Labute approximate surface area is 147 Å². The number of ether oxygens (including phenoxy) is 1. The topological polar surface area (TPSA) is 73.4 Å². The Bertz CT molecular complexity index is 848. The first-order valence-electron chi connectivity index (χ1n) is 7.87. The number of thioether (sulfide) groups is 1. The number of aliphatic imine (C=N–C) groups is 1. The number of fused-ring (bicyclic) bond motifs is 1.